The summed E-state index contributed by atoms with van der Waals surface area (Å²) in [6, 6.07) is 22.0. The molecule has 2 heterocycles. The van der Waals surface area contributed by atoms with E-state index in [2.05, 4.69) is 10.3 Å². The van der Waals surface area contributed by atoms with Gasteiger partial charge >= 0.3 is 5.97 Å². The Bertz CT molecular complexity index is 1370. The topological polar surface area (TPSA) is 77.5 Å². The lowest BCUT2D eigenvalue weighted by Gasteiger charge is -2.26. The second-order valence-electron chi connectivity index (χ2n) is 7.95. The van der Waals surface area contributed by atoms with E-state index in [1.54, 1.807) is 36.4 Å². The molecule has 34 heavy (non-hydrogen) atoms. The van der Waals surface area contributed by atoms with Gasteiger partial charge in [-0.15, -0.1) is 0 Å². The van der Waals surface area contributed by atoms with Crippen molar-refractivity contribution in [1.29, 1.82) is 0 Å². The number of hydrogen-bond acceptors (Lipinski definition) is 5. The van der Waals surface area contributed by atoms with Crippen molar-refractivity contribution in [2.45, 2.75) is 12.5 Å². The third kappa shape index (κ3) is 4.45. The van der Waals surface area contributed by atoms with Crippen LogP contribution in [-0.2, 0) is 9.53 Å². The van der Waals surface area contributed by atoms with Gasteiger partial charge in [0.05, 0.1) is 29.4 Å². The summed E-state index contributed by atoms with van der Waals surface area (Å²) in [6.45, 7) is 0.0812. The van der Waals surface area contributed by atoms with Gasteiger partial charge in [-0.3, -0.25) is 4.79 Å². The van der Waals surface area contributed by atoms with Crippen LogP contribution >= 0.6 is 0 Å². The summed E-state index contributed by atoms with van der Waals surface area (Å²) in [7, 11) is 0. The molecular formula is C27H21FN2O4. The van der Waals surface area contributed by atoms with Crippen LogP contribution in [0, 0.1) is 5.82 Å². The van der Waals surface area contributed by atoms with Gasteiger partial charge in [0.25, 0.3) is 5.91 Å². The lowest BCUT2D eigenvalue weighted by Crippen LogP contribution is -2.35. The van der Waals surface area contributed by atoms with Crippen LogP contribution in [0.5, 0.6) is 5.75 Å². The van der Waals surface area contributed by atoms with Crippen molar-refractivity contribution in [3.8, 4) is 17.0 Å². The second kappa shape index (κ2) is 9.31. The highest BCUT2D eigenvalue weighted by molar-refractivity contribution is 6.05. The first-order chi connectivity index (χ1) is 16.6. The van der Waals surface area contributed by atoms with Gasteiger partial charge in [-0.2, -0.15) is 0 Å². The molecule has 4 aromatic rings. The Hall–Kier alpha value is -4.26. The molecule has 1 amide bonds. The van der Waals surface area contributed by atoms with Crippen LogP contribution in [0.2, 0.25) is 0 Å². The third-order valence-electron chi connectivity index (χ3n) is 5.70. The van der Waals surface area contributed by atoms with Crippen LogP contribution in [0.4, 0.5) is 4.39 Å². The number of fused-ring (bicyclic) bond motifs is 2. The Morgan fingerprint density at radius 3 is 2.65 bits per heavy atom. The maximum Gasteiger partial charge on any atom is 0.339 e. The normalized spacial score (nSPS) is 14.7. The monoisotopic (exact) mass is 456 g/mol. The third-order valence-corrected chi connectivity index (χ3v) is 5.70. The van der Waals surface area contributed by atoms with Gasteiger partial charge in [0, 0.05) is 22.9 Å². The summed E-state index contributed by atoms with van der Waals surface area (Å²) in [5.74, 6) is -0.647. The number of para-hydroxylation sites is 2. The summed E-state index contributed by atoms with van der Waals surface area (Å²) in [4.78, 5) is 30.1. The lowest BCUT2D eigenvalue weighted by molar-refractivity contribution is -0.125. The zero-order valence-electron chi connectivity index (χ0n) is 18.2. The van der Waals surface area contributed by atoms with Crippen molar-refractivity contribution >= 4 is 22.8 Å². The van der Waals surface area contributed by atoms with Crippen molar-refractivity contribution in [3.63, 3.8) is 0 Å². The average Bonchev–Trinajstić information content (AvgIpc) is 2.87. The number of rotatable bonds is 5. The van der Waals surface area contributed by atoms with E-state index in [0.29, 0.717) is 35.2 Å². The van der Waals surface area contributed by atoms with E-state index in [4.69, 9.17) is 9.47 Å². The number of pyridine rings is 1. The van der Waals surface area contributed by atoms with Gasteiger partial charge in [-0.25, -0.2) is 14.2 Å². The van der Waals surface area contributed by atoms with Gasteiger partial charge in [-0.05, 0) is 42.5 Å². The number of esters is 1. The van der Waals surface area contributed by atoms with E-state index in [-0.39, 0.29) is 17.4 Å². The Balaban J connectivity index is 1.33. The number of hydrogen-bond donors (Lipinski definition) is 1. The Morgan fingerprint density at radius 2 is 1.79 bits per heavy atom. The van der Waals surface area contributed by atoms with Gasteiger partial charge in [0.1, 0.15) is 11.6 Å². The molecule has 1 aromatic heterocycles. The largest absolute Gasteiger partial charge is 0.493 e. The van der Waals surface area contributed by atoms with E-state index in [1.807, 2.05) is 30.3 Å². The molecule has 0 bridgehead atoms. The molecule has 6 nitrogen and oxygen atoms in total. The predicted octanol–water partition coefficient (Wildman–Crippen LogP) is 4.84. The second-order valence-corrected chi connectivity index (χ2v) is 7.95. The Kier molecular flexibility index (Phi) is 5.91. The minimum Gasteiger partial charge on any atom is -0.493 e. The van der Waals surface area contributed by atoms with Crippen molar-refractivity contribution in [3.05, 3.63) is 95.8 Å². The average molecular weight is 456 g/mol. The van der Waals surface area contributed by atoms with E-state index >= 15 is 0 Å². The summed E-state index contributed by atoms with van der Waals surface area (Å²) < 4.78 is 24.3. The van der Waals surface area contributed by atoms with Crippen LogP contribution < -0.4 is 10.1 Å². The number of ether oxygens (including phenoxy) is 2. The van der Waals surface area contributed by atoms with E-state index < -0.39 is 18.5 Å². The van der Waals surface area contributed by atoms with Crippen LogP contribution in [-0.4, -0.2) is 30.1 Å². The van der Waals surface area contributed by atoms with Crippen LogP contribution in [0.25, 0.3) is 22.2 Å². The number of halogens is 1. The van der Waals surface area contributed by atoms with Crippen molar-refractivity contribution < 1.29 is 23.5 Å². The quantitative estimate of drug-likeness (QED) is 0.435. The Labute approximate surface area is 195 Å². The van der Waals surface area contributed by atoms with Crippen LogP contribution in [0.1, 0.15) is 28.4 Å². The first kappa shape index (κ1) is 21.6. The smallest absolute Gasteiger partial charge is 0.339 e. The van der Waals surface area contributed by atoms with Crippen molar-refractivity contribution in [2.75, 3.05) is 13.2 Å². The number of amides is 1. The molecule has 0 saturated heterocycles. The van der Waals surface area contributed by atoms with Gasteiger partial charge in [-0.1, -0.05) is 36.4 Å². The molecule has 1 aliphatic heterocycles. The number of aromatic nitrogens is 1. The summed E-state index contributed by atoms with van der Waals surface area (Å²) >= 11 is 0. The van der Waals surface area contributed by atoms with E-state index in [9.17, 15) is 14.0 Å². The fourth-order valence-corrected chi connectivity index (χ4v) is 4.05. The number of nitrogens with one attached hydrogen (secondary N) is 1. The molecule has 170 valence electrons. The molecule has 1 N–H and O–H groups in total. The number of nitrogens with zero attached hydrogens (tertiary/aromatic N) is 1. The standard InChI is InChI=1S/C27H21FN2O4/c28-18-11-9-17(10-12-18)24-15-21(19-5-1-3-7-22(19)29-24)27(32)34-16-26(31)30-23-13-14-33-25-8-4-2-6-20(23)25/h1-12,15,23H,13-14,16H2,(H,30,31). The summed E-state index contributed by atoms with van der Waals surface area (Å²) in [6.07, 6.45) is 0.632. The predicted molar refractivity (Wildman–Crippen MR) is 125 cm³/mol. The summed E-state index contributed by atoms with van der Waals surface area (Å²) in [5, 5.41) is 3.53. The highest BCUT2D eigenvalue weighted by atomic mass is 19.1. The minimum absolute atomic E-state index is 0.206. The summed E-state index contributed by atoms with van der Waals surface area (Å²) in [5.41, 5.74) is 2.96. The highest BCUT2D eigenvalue weighted by Crippen LogP contribution is 2.31. The lowest BCUT2D eigenvalue weighted by atomic mass is 10.0. The number of carbonyl (C=O) groups is 2. The van der Waals surface area contributed by atoms with Gasteiger partial charge in [0.2, 0.25) is 0 Å². The molecule has 0 fully saturated rings. The van der Waals surface area contributed by atoms with Crippen molar-refractivity contribution in [1.82, 2.24) is 10.3 Å². The Morgan fingerprint density at radius 1 is 1.03 bits per heavy atom. The fraction of sp³-hybridized carbons (Fsp3) is 0.148. The zero-order valence-corrected chi connectivity index (χ0v) is 18.2. The molecule has 7 heteroatoms. The van der Waals surface area contributed by atoms with Gasteiger partial charge < -0.3 is 14.8 Å². The van der Waals surface area contributed by atoms with E-state index in [1.165, 1.54) is 12.1 Å². The molecule has 1 aliphatic rings. The van der Waals surface area contributed by atoms with Gasteiger partial charge in [0.15, 0.2) is 6.61 Å². The molecule has 1 atom stereocenters. The minimum atomic E-state index is -0.635. The molecule has 0 spiro atoms. The van der Waals surface area contributed by atoms with E-state index in [0.717, 1.165) is 11.3 Å². The molecular weight excluding hydrogens is 435 g/mol. The molecule has 1 unspecified atom stereocenters. The van der Waals surface area contributed by atoms with Crippen molar-refractivity contribution in [2.24, 2.45) is 0 Å². The SMILES string of the molecule is O=C(COC(=O)c1cc(-c2ccc(F)cc2)nc2ccccc12)NC1CCOc2ccccc21. The highest BCUT2D eigenvalue weighted by Gasteiger charge is 2.23. The van der Waals surface area contributed by atoms with Crippen LogP contribution in [0.15, 0.2) is 78.9 Å². The maximum atomic E-state index is 13.3. The first-order valence-electron chi connectivity index (χ1n) is 10.9. The fourth-order valence-electron chi connectivity index (χ4n) is 4.05. The molecule has 0 saturated carbocycles. The molecule has 5 rings (SSSR count). The molecule has 0 aliphatic carbocycles. The molecule has 0 radical (unpaired) electrons. The number of benzene rings is 3. The maximum absolute atomic E-state index is 13.3. The first-order valence-corrected chi connectivity index (χ1v) is 10.9. The number of carbonyl (C=O) groups excluding carboxylic acids is 2. The zero-order chi connectivity index (χ0) is 23.5. The van der Waals surface area contributed by atoms with Crippen LogP contribution in [0.3, 0.4) is 0 Å². The molecule has 3 aromatic carbocycles.